The Morgan fingerprint density at radius 2 is 1.80 bits per heavy atom. The summed E-state index contributed by atoms with van der Waals surface area (Å²) in [6, 6.07) is 11.4. The zero-order chi connectivity index (χ0) is 21.9. The van der Waals surface area contributed by atoms with E-state index in [2.05, 4.69) is 4.74 Å². The van der Waals surface area contributed by atoms with E-state index in [4.69, 9.17) is 21.1 Å². The van der Waals surface area contributed by atoms with E-state index in [-0.39, 0.29) is 23.0 Å². The maximum absolute atomic E-state index is 13.7. The summed E-state index contributed by atoms with van der Waals surface area (Å²) >= 11 is 6.11. The van der Waals surface area contributed by atoms with Gasteiger partial charge in [-0.3, -0.25) is 4.79 Å². The highest BCUT2D eigenvalue weighted by Gasteiger charge is 2.27. The van der Waals surface area contributed by atoms with E-state index < -0.39 is 10.0 Å². The number of carbonyl (C=O) groups is 1. The van der Waals surface area contributed by atoms with Gasteiger partial charge in [0.05, 0.1) is 26.8 Å². The van der Waals surface area contributed by atoms with Crippen LogP contribution >= 0.6 is 11.6 Å². The standard InChI is InChI=1S/C21H22ClNO6S/c1-27-17-8-10-19(28-2)20(13-17)30(25,26)23-16(5-4-6-21(24)29-3)12-14-11-15(22)7-9-18(14)23/h7-13H,4-6H2,1-3H3. The normalized spacial score (nSPS) is 11.5. The third-order valence-electron chi connectivity index (χ3n) is 4.72. The van der Waals surface area contributed by atoms with Crippen molar-refractivity contribution in [2.45, 2.75) is 24.2 Å². The van der Waals surface area contributed by atoms with Crippen molar-refractivity contribution >= 4 is 38.5 Å². The van der Waals surface area contributed by atoms with Crippen LogP contribution < -0.4 is 9.47 Å². The number of esters is 1. The Bertz CT molecular complexity index is 1190. The van der Waals surface area contributed by atoms with Gasteiger partial charge < -0.3 is 14.2 Å². The van der Waals surface area contributed by atoms with Gasteiger partial charge in [-0.25, -0.2) is 12.4 Å². The summed E-state index contributed by atoms with van der Waals surface area (Å²) in [6.07, 6.45) is 0.968. The second kappa shape index (κ2) is 8.97. The highest BCUT2D eigenvalue weighted by atomic mass is 35.5. The van der Waals surface area contributed by atoms with Gasteiger partial charge >= 0.3 is 5.97 Å². The number of nitrogens with zero attached hydrogens (tertiary/aromatic N) is 1. The summed E-state index contributed by atoms with van der Waals surface area (Å²) in [7, 11) is 0.146. The molecular formula is C21H22ClNO6S. The van der Waals surface area contributed by atoms with E-state index in [0.29, 0.717) is 40.2 Å². The Morgan fingerprint density at radius 1 is 1.03 bits per heavy atom. The fraction of sp³-hybridized carbons (Fsp3) is 0.286. The van der Waals surface area contributed by atoms with Gasteiger partial charge in [-0.05, 0) is 49.2 Å². The van der Waals surface area contributed by atoms with Crippen LogP contribution in [-0.4, -0.2) is 39.7 Å². The minimum atomic E-state index is -4.04. The van der Waals surface area contributed by atoms with Crippen LogP contribution in [0.25, 0.3) is 10.9 Å². The monoisotopic (exact) mass is 451 g/mol. The molecule has 0 aliphatic heterocycles. The lowest BCUT2D eigenvalue weighted by atomic mass is 10.2. The molecule has 3 aromatic rings. The molecule has 0 radical (unpaired) electrons. The molecule has 3 rings (SSSR count). The maximum Gasteiger partial charge on any atom is 0.305 e. The van der Waals surface area contributed by atoms with Gasteiger partial charge in [0.2, 0.25) is 0 Å². The molecule has 160 valence electrons. The van der Waals surface area contributed by atoms with Gasteiger partial charge in [0.1, 0.15) is 16.4 Å². The van der Waals surface area contributed by atoms with Gasteiger partial charge in [-0.2, -0.15) is 0 Å². The fourth-order valence-electron chi connectivity index (χ4n) is 3.28. The Hall–Kier alpha value is -2.71. The van der Waals surface area contributed by atoms with E-state index in [0.717, 1.165) is 0 Å². The molecule has 30 heavy (non-hydrogen) atoms. The third-order valence-corrected chi connectivity index (χ3v) is 6.74. The van der Waals surface area contributed by atoms with Gasteiger partial charge in [-0.15, -0.1) is 0 Å². The second-order valence-electron chi connectivity index (χ2n) is 6.55. The van der Waals surface area contributed by atoms with Crippen molar-refractivity contribution in [3.05, 3.63) is 53.2 Å². The van der Waals surface area contributed by atoms with E-state index in [9.17, 15) is 13.2 Å². The van der Waals surface area contributed by atoms with Crippen LogP contribution in [0, 0.1) is 0 Å². The molecule has 0 aliphatic carbocycles. The molecule has 0 saturated heterocycles. The zero-order valence-corrected chi connectivity index (χ0v) is 18.4. The number of hydrogen-bond donors (Lipinski definition) is 0. The van der Waals surface area contributed by atoms with Gasteiger partial charge in [0, 0.05) is 28.6 Å². The first-order valence-corrected chi connectivity index (χ1v) is 11.0. The van der Waals surface area contributed by atoms with Crippen LogP contribution in [0.1, 0.15) is 18.5 Å². The van der Waals surface area contributed by atoms with E-state index in [1.807, 2.05) is 0 Å². The molecule has 0 aliphatic rings. The molecule has 0 spiro atoms. The molecule has 9 heteroatoms. The predicted octanol–water partition coefficient (Wildman–Crippen LogP) is 4.04. The van der Waals surface area contributed by atoms with E-state index in [1.165, 1.54) is 31.4 Å². The maximum atomic E-state index is 13.7. The molecule has 0 atom stereocenters. The smallest absolute Gasteiger partial charge is 0.305 e. The predicted molar refractivity (Wildman–Crippen MR) is 114 cm³/mol. The van der Waals surface area contributed by atoms with Crippen molar-refractivity contribution < 1.29 is 27.4 Å². The van der Waals surface area contributed by atoms with Crippen molar-refractivity contribution in [1.82, 2.24) is 3.97 Å². The van der Waals surface area contributed by atoms with Gasteiger partial charge in [0.25, 0.3) is 10.0 Å². The van der Waals surface area contributed by atoms with Gasteiger partial charge in [-0.1, -0.05) is 11.6 Å². The number of hydrogen-bond acceptors (Lipinski definition) is 6. The Kier molecular flexibility index (Phi) is 6.58. The van der Waals surface area contributed by atoms with Crippen LogP contribution in [-0.2, 0) is 26.0 Å². The molecule has 2 aromatic carbocycles. The van der Waals surface area contributed by atoms with Gasteiger partial charge in [0.15, 0.2) is 0 Å². The highest BCUT2D eigenvalue weighted by molar-refractivity contribution is 7.90. The number of rotatable bonds is 8. The number of aromatic nitrogens is 1. The Balaban J connectivity index is 2.18. The molecule has 0 N–H and O–H groups in total. The lowest BCUT2D eigenvalue weighted by molar-refractivity contribution is -0.140. The van der Waals surface area contributed by atoms with Crippen LogP contribution in [0.3, 0.4) is 0 Å². The molecule has 1 heterocycles. The quantitative estimate of drug-likeness (QED) is 0.480. The molecule has 7 nitrogen and oxygen atoms in total. The van der Waals surface area contributed by atoms with Crippen LogP contribution in [0.2, 0.25) is 5.02 Å². The van der Waals surface area contributed by atoms with E-state index in [1.54, 1.807) is 36.4 Å². The summed E-state index contributed by atoms with van der Waals surface area (Å²) in [4.78, 5) is 11.5. The minimum Gasteiger partial charge on any atom is -0.497 e. The van der Waals surface area contributed by atoms with Crippen LogP contribution in [0.5, 0.6) is 11.5 Å². The SMILES string of the molecule is COC(=O)CCCc1cc2cc(Cl)ccc2n1S(=O)(=O)c1cc(OC)ccc1OC. The number of benzene rings is 2. The molecule has 0 unspecified atom stereocenters. The number of carbonyl (C=O) groups excluding carboxylic acids is 1. The van der Waals surface area contributed by atoms with Crippen molar-refractivity contribution in [1.29, 1.82) is 0 Å². The van der Waals surface area contributed by atoms with Crippen LogP contribution in [0.15, 0.2) is 47.4 Å². The lowest BCUT2D eigenvalue weighted by Crippen LogP contribution is -2.17. The fourth-order valence-corrected chi connectivity index (χ4v) is 5.20. The third kappa shape index (κ3) is 4.24. The number of halogens is 1. The average molecular weight is 452 g/mol. The Morgan fingerprint density at radius 3 is 2.47 bits per heavy atom. The van der Waals surface area contributed by atoms with Crippen molar-refractivity contribution in [3.8, 4) is 11.5 Å². The topological polar surface area (TPSA) is 83.8 Å². The van der Waals surface area contributed by atoms with Crippen molar-refractivity contribution in [2.24, 2.45) is 0 Å². The highest BCUT2D eigenvalue weighted by Crippen LogP contribution is 2.34. The number of ether oxygens (including phenoxy) is 3. The number of aryl methyl sites for hydroxylation is 1. The molecule has 0 fully saturated rings. The average Bonchev–Trinajstić information content (AvgIpc) is 3.10. The molecule has 1 aromatic heterocycles. The summed E-state index contributed by atoms with van der Waals surface area (Å²) in [5, 5.41) is 1.18. The van der Waals surface area contributed by atoms with Crippen molar-refractivity contribution in [3.63, 3.8) is 0 Å². The number of methoxy groups -OCH3 is 3. The molecule has 0 saturated carbocycles. The van der Waals surface area contributed by atoms with Crippen molar-refractivity contribution in [2.75, 3.05) is 21.3 Å². The first kappa shape index (κ1) is 22.0. The second-order valence-corrected chi connectivity index (χ2v) is 8.75. The van der Waals surface area contributed by atoms with E-state index >= 15 is 0 Å². The first-order valence-electron chi connectivity index (χ1n) is 9.16. The Labute approximate surface area is 180 Å². The molecular weight excluding hydrogens is 430 g/mol. The first-order chi connectivity index (χ1) is 14.3. The van der Waals surface area contributed by atoms with Crippen LogP contribution in [0.4, 0.5) is 0 Å². The summed E-state index contributed by atoms with van der Waals surface area (Å²) < 4.78 is 43.9. The zero-order valence-electron chi connectivity index (χ0n) is 16.8. The largest absolute Gasteiger partial charge is 0.497 e. The lowest BCUT2D eigenvalue weighted by Gasteiger charge is -2.15. The number of fused-ring (bicyclic) bond motifs is 1. The summed E-state index contributed by atoms with van der Waals surface area (Å²) in [6.45, 7) is 0. The molecule has 0 amide bonds. The summed E-state index contributed by atoms with van der Waals surface area (Å²) in [5.74, 6) is 0.242. The summed E-state index contributed by atoms with van der Waals surface area (Å²) in [5.41, 5.74) is 1.01. The minimum absolute atomic E-state index is 0.0222. The molecule has 0 bridgehead atoms.